The maximum atomic E-state index is 10.2. The van der Waals surface area contributed by atoms with E-state index in [9.17, 15) is 5.11 Å². The summed E-state index contributed by atoms with van der Waals surface area (Å²) in [6.45, 7) is 2.95. The monoisotopic (exact) mass is 285 g/mol. The van der Waals surface area contributed by atoms with E-state index in [2.05, 4.69) is 24.4 Å². The maximum absolute atomic E-state index is 10.2. The standard InChI is InChI=1S/C19H27NO/c1-2-13-3-4-17(18(21)8-13)12-20-19-9-14-5-15(10-19)7-16(6-14)11-19/h3-4,8,14-16,20-21H,2,5-7,9-12H2,1H3. The zero-order valence-corrected chi connectivity index (χ0v) is 13.1. The van der Waals surface area contributed by atoms with Gasteiger partial charge in [0.25, 0.3) is 0 Å². The second kappa shape index (κ2) is 5.01. The van der Waals surface area contributed by atoms with Gasteiger partial charge in [0.2, 0.25) is 0 Å². The highest BCUT2D eigenvalue weighted by atomic mass is 16.3. The fraction of sp³-hybridized carbons (Fsp3) is 0.684. The largest absolute Gasteiger partial charge is 0.508 e. The van der Waals surface area contributed by atoms with Crippen LogP contribution in [0.2, 0.25) is 0 Å². The van der Waals surface area contributed by atoms with Crippen LogP contribution >= 0.6 is 0 Å². The van der Waals surface area contributed by atoms with E-state index >= 15 is 0 Å². The van der Waals surface area contributed by atoms with Crippen LogP contribution in [0.3, 0.4) is 0 Å². The number of phenolic OH excluding ortho intramolecular Hbond substituents is 1. The molecule has 1 aromatic carbocycles. The lowest BCUT2D eigenvalue weighted by atomic mass is 9.53. The van der Waals surface area contributed by atoms with E-state index in [1.807, 2.05) is 6.07 Å². The van der Waals surface area contributed by atoms with Gasteiger partial charge in [-0.15, -0.1) is 0 Å². The normalized spacial score (nSPS) is 37.1. The number of phenols is 1. The second-order valence-electron chi connectivity index (χ2n) is 7.87. The van der Waals surface area contributed by atoms with Gasteiger partial charge < -0.3 is 10.4 Å². The Kier molecular flexibility index (Phi) is 3.25. The van der Waals surface area contributed by atoms with E-state index in [0.29, 0.717) is 11.3 Å². The van der Waals surface area contributed by atoms with Crippen molar-refractivity contribution in [3.63, 3.8) is 0 Å². The summed E-state index contributed by atoms with van der Waals surface area (Å²) >= 11 is 0. The minimum Gasteiger partial charge on any atom is -0.508 e. The van der Waals surface area contributed by atoms with Crippen molar-refractivity contribution in [1.82, 2.24) is 5.32 Å². The number of hydrogen-bond acceptors (Lipinski definition) is 2. The number of benzene rings is 1. The van der Waals surface area contributed by atoms with Crippen LogP contribution in [0, 0.1) is 17.8 Å². The number of aryl methyl sites for hydroxylation is 1. The molecule has 0 saturated heterocycles. The van der Waals surface area contributed by atoms with Gasteiger partial charge in [-0.1, -0.05) is 19.1 Å². The average molecular weight is 285 g/mol. The van der Waals surface area contributed by atoms with Crippen LogP contribution in [0.15, 0.2) is 18.2 Å². The average Bonchev–Trinajstić information content (AvgIpc) is 2.44. The highest BCUT2D eigenvalue weighted by molar-refractivity contribution is 5.36. The summed E-state index contributed by atoms with van der Waals surface area (Å²) in [6.07, 6.45) is 9.54. The summed E-state index contributed by atoms with van der Waals surface area (Å²) in [6, 6.07) is 6.18. The Bertz CT molecular complexity index is 501. The van der Waals surface area contributed by atoms with E-state index < -0.39 is 0 Å². The van der Waals surface area contributed by atoms with Crippen LogP contribution in [0.5, 0.6) is 5.75 Å². The van der Waals surface area contributed by atoms with Gasteiger partial charge in [-0.3, -0.25) is 0 Å². The van der Waals surface area contributed by atoms with Crippen molar-refractivity contribution in [2.45, 2.75) is 64.0 Å². The number of nitrogens with one attached hydrogen (secondary N) is 1. The van der Waals surface area contributed by atoms with E-state index in [4.69, 9.17) is 0 Å². The lowest BCUT2D eigenvalue weighted by Crippen LogP contribution is -2.58. The molecule has 5 rings (SSSR count). The van der Waals surface area contributed by atoms with Crippen molar-refractivity contribution < 1.29 is 5.11 Å². The van der Waals surface area contributed by atoms with Gasteiger partial charge in [0.1, 0.15) is 5.75 Å². The van der Waals surface area contributed by atoms with Crippen molar-refractivity contribution in [1.29, 1.82) is 0 Å². The van der Waals surface area contributed by atoms with E-state index in [1.165, 1.54) is 44.1 Å². The molecule has 4 aliphatic rings. The molecule has 4 saturated carbocycles. The Morgan fingerprint density at radius 1 is 1.10 bits per heavy atom. The highest BCUT2D eigenvalue weighted by Gasteiger charge is 2.50. The SMILES string of the molecule is CCc1ccc(CNC23CC4CC(CC(C4)C2)C3)c(O)c1. The molecular weight excluding hydrogens is 258 g/mol. The van der Waals surface area contributed by atoms with Crippen molar-refractivity contribution in [3.05, 3.63) is 29.3 Å². The zero-order chi connectivity index (χ0) is 14.4. The summed E-state index contributed by atoms with van der Waals surface area (Å²) in [5.41, 5.74) is 2.65. The Balaban J connectivity index is 1.47. The predicted molar refractivity (Wildman–Crippen MR) is 85.2 cm³/mol. The molecule has 0 amide bonds. The second-order valence-corrected chi connectivity index (χ2v) is 7.87. The van der Waals surface area contributed by atoms with Crippen LogP contribution in [-0.4, -0.2) is 10.6 Å². The van der Waals surface area contributed by atoms with Crippen LogP contribution < -0.4 is 5.32 Å². The first-order chi connectivity index (χ1) is 10.2. The van der Waals surface area contributed by atoms with Gasteiger partial charge in [-0.25, -0.2) is 0 Å². The predicted octanol–water partition coefficient (Wildman–Crippen LogP) is 4.01. The molecule has 2 nitrogen and oxygen atoms in total. The van der Waals surface area contributed by atoms with Crippen LogP contribution in [0.1, 0.15) is 56.6 Å². The third-order valence-electron chi connectivity index (χ3n) is 6.25. The molecular formula is C19H27NO. The third-order valence-corrected chi connectivity index (χ3v) is 6.25. The first-order valence-electron chi connectivity index (χ1n) is 8.71. The molecule has 21 heavy (non-hydrogen) atoms. The molecule has 0 unspecified atom stereocenters. The minimum atomic E-state index is 0.380. The van der Waals surface area contributed by atoms with E-state index in [-0.39, 0.29) is 0 Å². The molecule has 1 aromatic rings. The van der Waals surface area contributed by atoms with E-state index in [1.54, 1.807) is 0 Å². The fourth-order valence-electron chi connectivity index (χ4n) is 5.59. The number of aromatic hydroxyl groups is 1. The Hall–Kier alpha value is -1.02. The molecule has 4 bridgehead atoms. The number of hydrogen-bond donors (Lipinski definition) is 2. The Labute approximate surface area is 128 Å². The van der Waals surface area contributed by atoms with Crippen molar-refractivity contribution >= 4 is 0 Å². The topological polar surface area (TPSA) is 32.3 Å². The Morgan fingerprint density at radius 3 is 2.24 bits per heavy atom. The molecule has 4 aliphatic carbocycles. The Morgan fingerprint density at radius 2 is 1.71 bits per heavy atom. The van der Waals surface area contributed by atoms with Crippen molar-refractivity contribution in [2.24, 2.45) is 17.8 Å². The van der Waals surface area contributed by atoms with Gasteiger partial charge in [-0.05, 0) is 74.3 Å². The highest BCUT2D eigenvalue weighted by Crippen LogP contribution is 2.55. The number of rotatable bonds is 4. The van der Waals surface area contributed by atoms with E-state index in [0.717, 1.165) is 36.3 Å². The zero-order valence-electron chi connectivity index (χ0n) is 13.1. The molecule has 0 heterocycles. The molecule has 2 heteroatoms. The molecule has 114 valence electrons. The van der Waals surface area contributed by atoms with Gasteiger partial charge in [-0.2, -0.15) is 0 Å². The molecule has 0 aromatic heterocycles. The first-order valence-corrected chi connectivity index (χ1v) is 8.71. The lowest BCUT2D eigenvalue weighted by Gasteiger charge is -2.57. The molecule has 4 fully saturated rings. The fourth-order valence-corrected chi connectivity index (χ4v) is 5.59. The van der Waals surface area contributed by atoms with Crippen LogP contribution in [0.25, 0.3) is 0 Å². The molecule has 0 atom stereocenters. The summed E-state index contributed by atoms with van der Waals surface area (Å²) < 4.78 is 0. The van der Waals surface area contributed by atoms with Gasteiger partial charge in [0.15, 0.2) is 0 Å². The van der Waals surface area contributed by atoms with Crippen LogP contribution in [-0.2, 0) is 13.0 Å². The minimum absolute atomic E-state index is 0.380. The quantitative estimate of drug-likeness (QED) is 0.876. The summed E-state index contributed by atoms with van der Waals surface area (Å²) in [5, 5.41) is 14.1. The van der Waals surface area contributed by atoms with Gasteiger partial charge >= 0.3 is 0 Å². The lowest BCUT2D eigenvalue weighted by molar-refractivity contribution is -0.0206. The van der Waals surface area contributed by atoms with Gasteiger partial charge in [0.05, 0.1) is 0 Å². The maximum Gasteiger partial charge on any atom is 0.120 e. The van der Waals surface area contributed by atoms with Crippen molar-refractivity contribution in [3.8, 4) is 5.75 Å². The first kappa shape index (κ1) is 13.6. The molecule has 0 radical (unpaired) electrons. The third kappa shape index (κ3) is 2.48. The summed E-state index contributed by atoms with van der Waals surface area (Å²) in [5.74, 6) is 3.38. The molecule has 0 aliphatic heterocycles. The van der Waals surface area contributed by atoms with Gasteiger partial charge in [0, 0.05) is 17.6 Å². The summed E-state index contributed by atoms with van der Waals surface area (Å²) in [4.78, 5) is 0. The smallest absolute Gasteiger partial charge is 0.120 e. The molecule has 2 N–H and O–H groups in total. The van der Waals surface area contributed by atoms with Crippen LogP contribution in [0.4, 0.5) is 0 Å². The molecule has 0 spiro atoms. The summed E-state index contributed by atoms with van der Waals surface area (Å²) in [7, 11) is 0. The van der Waals surface area contributed by atoms with Crippen molar-refractivity contribution in [2.75, 3.05) is 0 Å².